The van der Waals surface area contributed by atoms with Gasteiger partial charge in [0, 0.05) is 60.6 Å². The van der Waals surface area contributed by atoms with E-state index >= 15 is 0 Å². The Morgan fingerprint density at radius 3 is 2.51 bits per heavy atom. The number of hydrogen-bond acceptors (Lipinski definition) is 9. The van der Waals surface area contributed by atoms with E-state index in [9.17, 15) is 9.18 Å². The molecule has 0 aliphatic carbocycles. The Bertz CT molecular complexity index is 1760. The molecular formula is C32H35FN10O2. The number of anilines is 5. The number of ether oxygens (including phenoxy) is 1. The number of amides is 1. The number of benzene rings is 2. The number of rotatable bonds is 11. The lowest BCUT2D eigenvalue weighted by atomic mass is 10.1. The molecule has 2 aromatic carbocycles. The molecule has 1 amide bonds. The molecule has 0 atom stereocenters. The quantitative estimate of drug-likeness (QED) is 0.166. The van der Waals surface area contributed by atoms with E-state index in [0.29, 0.717) is 34.5 Å². The molecule has 5 aromatic rings. The maximum atomic E-state index is 13.8. The molecule has 0 bridgehead atoms. The molecule has 4 heterocycles. The Hall–Kier alpha value is -5.14. The van der Waals surface area contributed by atoms with Crippen molar-refractivity contribution in [3.8, 4) is 11.3 Å². The van der Waals surface area contributed by atoms with Crippen molar-refractivity contribution in [3.05, 3.63) is 89.6 Å². The first kappa shape index (κ1) is 29.9. The van der Waals surface area contributed by atoms with Crippen LogP contribution in [-0.2, 0) is 22.5 Å². The summed E-state index contributed by atoms with van der Waals surface area (Å²) >= 11 is 0. The molecule has 13 heteroatoms. The maximum absolute atomic E-state index is 13.8. The molecule has 0 saturated carbocycles. The Morgan fingerprint density at radius 2 is 1.76 bits per heavy atom. The van der Waals surface area contributed by atoms with Crippen molar-refractivity contribution in [3.63, 3.8) is 0 Å². The van der Waals surface area contributed by atoms with Crippen molar-refractivity contribution in [2.45, 2.75) is 26.8 Å². The van der Waals surface area contributed by atoms with Gasteiger partial charge in [0.05, 0.1) is 38.1 Å². The standard InChI is InChI=1S/C32H35FN10O2/c1-21-3-6-26(17-27(21)33)35-31(44)16-23-4-7-25(8-5-23)36-32-37-28(18-29(39-32)38-30-15-22(2)40-41-30)24-19-34-43(20-24)10-9-42-11-13-45-14-12-42/h3-8,15,17-20H,9-14,16H2,1-2H3,(H,35,44)(H3,36,37,38,39,40,41). The molecule has 0 unspecified atom stereocenters. The van der Waals surface area contributed by atoms with E-state index < -0.39 is 0 Å². The van der Waals surface area contributed by atoms with Crippen LogP contribution in [0.25, 0.3) is 11.3 Å². The van der Waals surface area contributed by atoms with E-state index in [1.165, 1.54) is 6.07 Å². The lowest BCUT2D eigenvalue weighted by Crippen LogP contribution is -2.38. The van der Waals surface area contributed by atoms with Gasteiger partial charge in [-0.25, -0.2) is 9.37 Å². The number of nitrogens with one attached hydrogen (secondary N) is 4. The Morgan fingerprint density at radius 1 is 0.956 bits per heavy atom. The van der Waals surface area contributed by atoms with Gasteiger partial charge in [-0.1, -0.05) is 18.2 Å². The lowest BCUT2D eigenvalue weighted by molar-refractivity contribution is -0.115. The molecule has 1 fully saturated rings. The highest BCUT2D eigenvalue weighted by Crippen LogP contribution is 2.25. The fourth-order valence-corrected chi connectivity index (χ4v) is 4.91. The van der Waals surface area contributed by atoms with Crippen LogP contribution >= 0.6 is 0 Å². The number of nitrogens with zero attached hydrogens (tertiary/aromatic N) is 6. The normalized spacial score (nSPS) is 13.5. The van der Waals surface area contributed by atoms with Gasteiger partial charge >= 0.3 is 0 Å². The molecule has 232 valence electrons. The van der Waals surface area contributed by atoms with Crippen LogP contribution in [0.3, 0.4) is 0 Å². The van der Waals surface area contributed by atoms with E-state index in [1.54, 1.807) is 25.3 Å². The average molecular weight is 611 g/mol. The number of carbonyl (C=O) groups is 1. The molecule has 3 aromatic heterocycles. The third-order valence-electron chi connectivity index (χ3n) is 7.40. The second-order valence-electron chi connectivity index (χ2n) is 11.0. The average Bonchev–Trinajstić information content (AvgIpc) is 3.68. The molecule has 1 aliphatic heterocycles. The summed E-state index contributed by atoms with van der Waals surface area (Å²) in [5.74, 6) is 1.00. The van der Waals surface area contributed by atoms with Gasteiger partial charge in [0.25, 0.3) is 0 Å². The molecule has 12 nitrogen and oxygen atoms in total. The third-order valence-corrected chi connectivity index (χ3v) is 7.40. The zero-order valence-electron chi connectivity index (χ0n) is 25.2. The van der Waals surface area contributed by atoms with Gasteiger partial charge in [0.2, 0.25) is 11.9 Å². The summed E-state index contributed by atoms with van der Waals surface area (Å²) in [6.45, 7) is 8.66. The molecule has 1 saturated heterocycles. The molecule has 4 N–H and O–H groups in total. The number of halogens is 1. The van der Waals surface area contributed by atoms with Gasteiger partial charge in [-0.15, -0.1) is 0 Å². The summed E-state index contributed by atoms with van der Waals surface area (Å²) < 4.78 is 21.2. The van der Waals surface area contributed by atoms with Gasteiger partial charge < -0.3 is 20.7 Å². The first-order valence-electron chi connectivity index (χ1n) is 14.8. The predicted octanol–water partition coefficient (Wildman–Crippen LogP) is 4.82. The smallest absolute Gasteiger partial charge is 0.229 e. The van der Waals surface area contributed by atoms with Crippen LogP contribution in [0.15, 0.2) is 67.0 Å². The van der Waals surface area contributed by atoms with Crippen molar-refractivity contribution in [1.82, 2.24) is 34.8 Å². The van der Waals surface area contributed by atoms with Gasteiger partial charge in [-0.3, -0.25) is 19.5 Å². The molecule has 0 spiro atoms. The van der Waals surface area contributed by atoms with Crippen molar-refractivity contribution in [2.75, 3.05) is 48.8 Å². The largest absolute Gasteiger partial charge is 0.379 e. The molecule has 6 rings (SSSR count). The summed E-state index contributed by atoms with van der Waals surface area (Å²) in [5, 5.41) is 21.0. The van der Waals surface area contributed by atoms with Gasteiger partial charge in [-0.2, -0.15) is 15.2 Å². The Balaban J connectivity index is 1.15. The highest BCUT2D eigenvalue weighted by atomic mass is 19.1. The van der Waals surface area contributed by atoms with E-state index in [4.69, 9.17) is 9.72 Å². The van der Waals surface area contributed by atoms with E-state index in [1.807, 2.05) is 54.2 Å². The molecule has 45 heavy (non-hydrogen) atoms. The summed E-state index contributed by atoms with van der Waals surface area (Å²) in [4.78, 5) is 24.4. The number of carbonyl (C=O) groups excluding carboxylic acids is 1. The minimum atomic E-state index is -0.357. The third kappa shape index (κ3) is 8.08. The Labute approximate surface area is 260 Å². The zero-order chi connectivity index (χ0) is 31.2. The van der Waals surface area contributed by atoms with Crippen molar-refractivity contribution >= 4 is 34.9 Å². The number of morpholine rings is 1. The summed E-state index contributed by atoms with van der Waals surface area (Å²) in [5.41, 5.74) is 4.99. The van der Waals surface area contributed by atoms with Crippen LogP contribution in [0, 0.1) is 19.7 Å². The second kappa shape index (κ2) is 13.7. The minimum absolute atomic E-state index is 0.147. The van der Waals surface area contributed by atoms with Crippen LogP contribution in [0.4, 0.5) is 33.3 Å². The molecular weight excluding hydrogens is 575 g/mol. The lowest BCUT2D eigenvalue weighted by Gasteiger charge is -2.26. The first-order valence-corrected chi connectivity index (χ1v) is 14.8. The predicted molar refractivity (Wildman–Crippen MR) is 170 cm³/mol. The summed E-state index contributed by atoms with van der Waals surface area (Å²) in [6.07, 6.45) is 3.94. The molecule has 0 radical (unpaired) electrons. The number of hydrogen-bond donors (Lipinski definition) is 4. The van der Waals surface area contributed by atoms with Gasteiger partial charge in [-0.05, 0) is 49.2 Å². The van der Waals surface area contributed by atoms with Crippen LogP contribution in [0.1, 0.15) is 16.8 Å². The van der Waals surface area contributed by atoms with Crippen LogP contribution < -0.4 is 16.0 Å². The number of aryl methyl sites for hydroxylation is 2. The SMILES string of the molecule is Cc1cc(Nc2cc(-c3cnn(CCN4CCOCC4)c3)nc(Nc3ccc(CC(=O)Nc4ccc(C)c(F)c4)cc3)n2)n[nH]1. The van der Waals surface area contributed by atoms with Crippen molar-refractivity contribution < 1.29 is 13.9 Å². The van der Waals surface area contributed by atoms with Crippen LogP contribution in [-0.4, -0.2) is 73.6 Å². The fourth-order valence-electron chi connectivity index (χ4n) is 4.91. The first-order chi connectivity index (χ1) is 21.9. The number of aromatic amines is 1. The van der Waals surface area contributed by atoms with Crippen molar-refractivity contribution in [1.29, 1.82) is 0 Å². The highest BCUT2D eigenvalue weighted by molar-refractivity contribution is 5.92. The summed E-state index contributed by atoms with van der Waals surface area (Å²) in [6, 6.07) is 15.8. The number of H-pyrrole nitrogens is 1. The van der Waals surface area contributed by atoms with Crippen LogP contribution in [0.5, 0.6) is 0 Å². The van der Waals surface area contributed by atoms with E-state index in [-0.39, 0.29) is 18.1 Å². The fraction of sp³-hybridized carbons (Fsp3) is 0.281. The van der Waals surface area contributed by atoms with E-state index in [2.05, 4.69) is 41.1 Å². The second-order valence-corrected chi connectivity index (χ2v) is 11.0. The van der Waals surface area contributed by atoms with E-state index in [0.717, 1.165) is 61.9 Å². The monoisotopic (exact) mass is 610 g/mol. The summed E-state index contributed by atoms with van der Waals surface area (Å²) in [7, 11) is 0. The highest BCUT2D eigenvalue weighted by Gasteiger charge is 2.14. The Kier molecular flexibility index (Phi) is 9.08. The van der Waals surface area contributed by atoms with Crippen molar-refractivity contribution in [2.24, 2.45) is 0 Å². The maximum Gasteiger partial charge on any atom is 0.229 e. The van der Waals surface area contributed by atoms with Gasteiger partial charge in [0.1, 0.15) is 11.6 Å². The topological polar surface area (TPSA) is 138 Å². The number of aromatic nitrogens is 6. The minimum Gasteiger partial charge on any atom is -0.379 e. The molecule has 1 aliphatic rings. The van der Waals surface area contributed by atoms with Crippen LogP contribution in [0.2, 0.25) is 0 Å². The zero-order valence-corrected chi connectivity index (χ0v) is 25.2. The van der Waals surface area contributed by atoms with Gasteiger partial charge in [0.15, 0.2) is 5.82 Å².